The first-order valence-corrected chi connectivity index (χ1v) is 8.73. The smallest absolute Gasteiger partial charge is 0.251 e. The maximum absolute atomic E-state index is 12.1. The maximum atomic E-state index is 12.1. The molecule has 1 aromatic carbocycles. The van der Waals surface area contributed by atoms with Gasteiger partial charge in [0.25, 0.3) is 5.91 Å². The Kier molecular flexibility index (Phi) is 5.83. The number of piperidine rings is 1. The highest BCUT2D eigenvalue weighted by Crippen LogP contribution is 2.18. The predicted molar refractivity (Wildman–Crippen MR) is 96.0 cm³/mol. The van der Waals surface area contributed by atoms with E-state index in [0.717, 1.165) is 39.0 Å². The SMILES string of the molecule is O=C(NCC1CCN(Cc2ccncc2)CC1)c1ccc(Cl)cc1. The molecular formula is C19H22ClN3O. The fourth-order valence-electron chi connectivity index (χ4n) is 3.04. The van der Waals surface area contributed by atoms with Crippen molar-refractivity contribution in [2.45, 2.75) is 19.4 Å². The molecule has 2 heterocycles. The van der Waals surface area contributed by atoms with E-state index < -0.39 is 0 Å². The van der Waals surface area contributed by atoms with Crippen molar-refractivity contribution in [1.29, 1.82) is 0 Å². The van der Waals surface area contributed by atoms with Crippen LogP contribution in [-0.4, -0.2) is 35.4 Å². The highest BCUT2D eigenvalue weighted by atomic mass is 35.5. The van der Waals surface area contributed by atoms with E-state index >= 15 is 0 Å². The standard InChI is InChI=1S/C19H22ClN3O/c20-18-3-1-17(2-4-18)19(24)22-13-15-7-11-23(12-8-15)14-16-5-9-21-10-6-16/h1-6,9-10,15H,7-8,11-14H2,(H,22,24). The normalized spacial score (nSPS) is 16.0. The number of benzene rings is 1. The van der Waals surface area contributed by atoms with Gasteiger partial charge in [0.05, 0.1) is 0 Å². The molecule has 0 saturated carbocycles. The molecule has 0 atom stereocenters. The first kappa shape index (κ1) is 16.9. The molecule has 3 rings (SSSR count). The van der Waals surface area contributed by atoms with Gasteiger partial charge in [-0.2, -0.15) is 0 Å². The Morgan fingerprint density at radius 1 is 1.12 bits per heavy atom. The lowest BCUT2D eigenvalue weighted by Gasteiger charge is -2.32. The van der Waals surface area contributed by atoms with Crippen LogP contribution < -0.4 is 5.32 Å². The zero-order chi connectivity index (χ0) is 16.8. The van der Waals surface area contributed by atoms with Gasteiger partial charge in [-0.25, -0.2) is 0 Å². The Morgan fingerprint density at radius 2 is 1.79 bits per heavy atom. The number of carbonyl (C=O) groups excluding carboxylic acids is 1. The lowest BCUT2D eigenvalue weighted by Crippen LogP contribution is -2.38. The summed E-state index contributed by atoms with van der Waals surface area (Å²) in [6, 6.07) is 11.1. The van der Waals surface area contributed by atoms with E-state index in [1.807, 2.05) is 12.4 Å². The molecule has 1 saturated heterocycles. The van der Waals surface area contributed by atoms with E-state index in [4.69, 9.17) is 11.6 Å². The second-order valence-electron chi connectivity index (χ2n) is 6.29. The van der Waals surface area contributed by atoms with Crippen LogP contribution in [0.1, 0.15) is 28.8 Å². The van der Waals surface area contributed by atoms with Crippen molar-refractivity contribution in [2.24, 2.45) is 5.92 Å². The third-order valence-electron chi connectivity index (χ3n) is 4.52. The van der Waals surface area contributed by atoms with Crippen molar-refractivity contribution in [2.75, 3.05) is 19.6 Å². The van der Waals surface area contributed by atoms with Crippen LogP contribution in [-0.2, 0) is 6.54 Å². The summed E-state index contributed by atoms with van der Waals surface area (Å²) in [5.74, 6) is 0.529. The molecule has 1 aromatic heterocycles. The summed E-state index contributed by atoms with van der Waals surface area (Å²) in [5.41, 5.74) is 1.97. The average Bonchev–Trinajstić information content (AvgIpc) is 2.62. The zero-order valence-corrected chi connectivity index (χ0v) is 14.4. The molecule has 0 radical (unpaired) electrons. The molecule has 0 spiro atoms. The highest BCUT2D eigenvalue weighted by molar-refractivity contribution is 6.30. The summed E-state index contributed by atoms with van der Waals surface area (Å²) in [6.07, 6.45) is 5.92. The number of carbonyl (C=O) groups is 1. The van der Waals surface area contributed by atoms with E-state index in [1.165, 1.54) is 5.56 Å². The zero-order valence-electron chi connectivity index (χ0n) is 13.6. The summed E-state index contributed by atoms with van der Waals surface area (Å²) in [6.45, 7) is 3.87. The van der Waals surface area contributed by atoms with Gasteiger partial charge in [-0.1, -0.05) is 11.6 Å². The molecule has 0 bridgehead atoms. The van der Waals surface area contributed by atoms with Crippen molar-refractivity contribution in [3.8, 4) is 0 Å². The Morgan fingerprint density at radius 3 is 2.46 bits per heavy atom. The van der Waals surface area contributed by atoms with Crippen molar-refractivity contribution in [3.63, 3.8) is 0 Å². The molecule has 1 fully saturated rings. The third kappa shape index (κ3) is 4.79. The van der Waals surface area contributed by atoms with Crippen LogP contribution in [0.25, 0.3) is 0 Å². The Labute approximate surface area is 147 Å². The largest absolute Gasteiger partial charge is 0.352 e. The Hall–Kier alpha value is -1.91. The number of rotatable bonds is 5. The first-order chi connectivity index (χ1) is 11.7. The van der Waals surface area contributed by atoms with Gasteiger partial charge in [0.1, 0.15) is 0 Å². The molecule has 4 nitrogen and oxygen atoms in total. The second-order valence-corrected chi connectivity index (χ2v) is 6.73. The first-order valence-electron chi connectivity index (χ1n) is 8.36. The molecule has 1 N–H and O–H groups in total. The van der Waals surface area contributed by atoms with Gasteiger partial charge in [0.15, 0.2) is 0 Å². The second kappa shape index (κ2) is 8.27. The topological polar surface area (TPSA) is 45.2 Å². The van der Waals surface area contributed by atoms with Crippen LogP contribution in [0, 0.1) is 5.92 Å². The molecule has 2 aromatic rings. The van der Waals surface area contributed by atoms with E-state index in [2.05, 4.69) is 27.3 Å². The van der Waals surface area contributed by atoms with Gasteiger partial charge in [0.2, 0.25) is 0 Å². The van der Waals surface area contributed by atoms with E-state index in [1.54, 1.807) is 24.3 Å². The summed E-state index contributed by atoms with van der Waals surface area (Å²) < 4.78 is 0. The quantitative estimate of drug-likeness (QED) is 0.905. The minimum absolute atomic E-state index is 0.0223. The molecule has 0 aliphatic carbocycles. The van der Waals surface area contributed by atoms with Crippen molar-refractivity contribution in [1.82, 2.24) is 15.2 Å². The number of halogens is 1. The van der Waals surface area contributed by atoms with Crippen LogP contribution in [0.15, 0.2) is 48.8 Å². The van der Waals surface area contributed by atoms with Crippen LogP contribution in [0.5, 0.6) is 0 Å². The Balaban J connectivity index is 1.41. The van der Waals surface area contributed by atoms with Crippen LogP contribution in [0.4, 0.5) is 0 Å². The van der Waals surface area contributed by atoms with Gasteiger partial charge in [0, 0.05) is 36.1 Å². The Bertz CT molecular complexity index is 652. The predicted octanol–water partition coefficient (Wildman–Crippen LogP) is 3.38. The minimum atomic E-state index is -0.0223. The molecule has 5 heteroatoms. The summed E-state index contributed by atoms with van der Waals surface area (Å²) in [7, 11) is 0. The van der Waals surface area contributed by atoms with Crippen molar-refractivity contribution < 1.29 is 4.79 Å². The molecule has 24 heavy (non-hydrogen) atoms. The maximum Gasteiger partial charge on any atom is 0.251 e. The number of hydrogen-bond acceptors (Lipinski definition) is 3. The fourth-order valence-corrected chi connectivity index (χ4v) is 3.16. The summed E-state index contributed by atoms with van der Waals surface area (Å²) in [4.78, 5) is 18.7. The highest BCUT2D eigenvalue weighted by Gasteiger charge is 2.20. The van der Waals surface area contributed by atoms with Gasteiger partial charge in [-0.15, -0.1) is 0 Å². The van der Waals surface area contributed by atoms with Crippen molar-refractivity contribution in [3.05, 3.63) is 64.9 Å². The number of aromatic nitrogens is 1. The van der Waals surface area contributed by atoms with Crippen molar-refractivity contribution >= 4 is 17.5 Å². The molecule has 126 valence electrons. The number of nitrogens with one attached hydrogen (secondary N) is 1. The number of hydrogen-bond donors (Lipinski definition) is 1. The van der Waals surface area contributed by atoms with E-state index in [9.17, 15) is 4.79 Å². The van der Waals surface area contributed by atoms with Crippen LogP contribution in [0.3, 0.4) is 0 Å². The molecule has 1 aliphatic heterocycles. The summed E-state index contributed by atoms with van der Waals surface area (Å²) in [5, 5.41) is 3.69. The van der Waals surface area contributed by atoms with Crippen LogP contribution in [0.2, 0.25) is 5.02 Å². The molecule has 0 unspecified atom stereocenters. The van der Waals surface area contributed by atoms with Gasteiger partial charge in [-0.3, -0.25) is 14.7 Å². The van der Waals surface area contributed by atoms with Gasteiger partial charge >= 0.3 is 0 Å². The lowest BCUT2D eigenvalue weighted by molar-refractivity contribution is 0.0935. The number of amides is 1. The molecule has 1 aliphatic rings. The lowest BCUT2D eigenvalue weighted by atomic mass is 9.96. The third-order valence-corrected chi connectivity index (χ3v) is 4.77. The average molecular weight is 344 g/mol. The minimum Gasteiger partial charge on any atom is -0.352 e. The van der Waals surface area contributed by atoms with E-state index in [-0.39, 0.29) is 5.91 Å². The number of pyridine rings is 1. The molecular weight excluding hydrogens is 322 g/mol. The summed E-state index contributed by atoms with van der Waals surface area (Å²) >= 11 is 5.85. The number of likely N-dealkylation sites (tertiary alicyclic amines) is 1. The van der Waals surface area contributed by atoms with Crippen LogP contribution >= 0.6 is 11.6 Å². The fraction of sp³-hybridized carbons (Fsp3) is 0.368. The monoisotopic (exact) mass is 343 g/mol. The van der Waals surface area contributed by atoms with Gasteiger partial charge < -0.3 is 5.32 Å². The molecule has 1 amide bonds. The number of nitrogens with zero attached hydrogens (tertiary/aromatic N) is 2. The van der Waals surface area contributed by atoms with Gasteiger partial charge in [-0.05, 0) is 73.8 Å². The van der Waals surface area contributed by atoms with E-state index in [0.29, 0.717) is 16.5 Å².